The van der Waals surface area contributed by atoms with E-state index < -0.39 is 0 Å². The zero-order valence-corrected chi connectivity index (χ0v) is 14.0. The van der Waals surface area contributed by atoms with Gasteiger partial charge in [-0.25, -0.2) is 0 Å². The standard InChI is InChI=1S/C15H14BrCl2NO/c1-19-8-10-4-2-5-12(16)15(10)20-9-11-13(17)6-3-7-14(11)18/h2-7,19H,8-9H2,1H3. The quantitative estimate of drug-likeness (QED) is 0.790. The van der Waals surface area contributed by atoms with E-state index >= 15 is 0 Å². The molecule has 0 aliphatic carbocycles. The van der Waals surface area contributed by atoms with E-state index in [0.29, 0.717) is 16.7 Å². The Balaban J connectivity index is 2.23. The summed E-state index contributed by atoms with van der Waals surface area (Å²) in [6.45, 7) is 1.06. The first-order chi connectivity index (χ1) is 9.63. The van der Waals surface area contributed by atoms with E-state index in [9.17, 15) is 0 Å². The second-order valence-electron chi connectivity index (χ2n) is 4.25. The van der Waals surface area contributed by atoms with Crippen LogP contribution in [0.4, 0.5) is 0 Å². The fourth-order valence-electron chi connectivity index (χ4n) is 1.86. The molecule has 2 aromatic carbocycles. The lowest BCUT2D eigenvalue weighted by Crippen LogP contribution is -2.08. The molecule has 20 heavy (non-hydrogen) atoms. The molecule has 0 aromatic heterocycles. The molecule has 0 spiro atoms. The summed E-state index contributed by atoms with van der Waals surface area (Å²) in [7, 11) is 1.90. The van der Waals surface area contributed by atoms with Gasteiger partial charge in [0.1, 0.15) is 12.4 Å². The van der Waals surface area contributed by atoms with Crippen LogP contribution < -0.4 is 10.1 Å². The lowest BCUT2D eigenvalue weighted by Gasteiger charge is -2.14. The van der Waals surface area contributed by atoms with Crippen LogP contribution in [0.3, 0.4) is 0 Å². The first-order valence-electron chi connectivity index (χ1n) is 6.11. The summed E-state index contributed by atoms with van der Waals surface area (Å²) >= 11 is 15.8. The van der Waals surface area contributed by atoms with E-state index in [1.165, 1.54) is 0 Å². The molecule has 5 heteroatoms. The van der Waals surface area contributed by atoms with E-state index in [2.05, 4.69) is 21.2 Å². The van der Waals surface area contributed by atoms with E-state index in [0.717, 1.165) is 27.9 Å². The van der Waals surface area contributed by atoms with Gasteiger partial charge in [-0.05, 0) is 41.2 Å². The van der Waals surface area contributed by atoms with Gasteiger partial charge < -0.3 is 10.1 Å². The normalized spacial score (nSPS) is 10.6. The topological polar surface area (TPSA) is 21.3 Å². The average Bonchev–Trinajstić information content (AvgIpc) is 2.41. The summed E-state index contributed by atoms with van der Waals surface area (Å²) in [5.41, 5.74) is 1.87. The van der Waals surface area contributed by atoms with Gasteiger partial charge in [0.25, 0.3) is 0 Å². The number of para-hydroxylation sites is 1. The zero-order valence-electron chi connectivity index (χ0n) is 10.9. The Morgan fingerprint density at radius 1 is 1.10 bits per heavy atom. The van der Waals surface area contributed by atoms with Gasteiger partial charge in [-0.1, -0.05) is 41.4 Å². The zero-order chi connectivity index (χ0) is 14.5. The molecule has 0 saturated heterocycles. The number of benzene rings is 2. The van der Waals surface area contributed by atoms with Crippen LogP contribution in [0, 0.1) is 0 Å². The van der Waals surface area contributed by atoms with Gasteiger partial charge in [-0.2, -0.15) is 0 Å². The Labute approximate surface area is 137 Å². The third kappa shape index (κ3) is 3.67. The number of hydrogen-bond donors (Lipinski definition) is 1. The van der Waals surface area contributed by atoms with Crippen LogP contribution in [0.15, 0.2) is 40.9 Å². The molecule has 0 aliphatic heterocycles. The Bertz CT molecular complexity index is 584. The largest absolute Gasteiger partial charge is 0.487 e. The first-order valence-corrected chi connectivity index (χ1v) is 7.66. The average molecular weight is 375 g/mol. The van der Waals surface area contributed by atoms with Crippen molar-refractivity contribution in [3.63, 3.8) is 0 Å². The number of rotatable bonds is 5. The Morgan fingerprint density at radius 2 is 1.75 bits per heavy atom. The molecule has 2 nitrogen and oxygen atoms in total. The van der Waals surface area contributed by atoms with Crippen molar-refractivity contribution in [2.75, 3.05) is 7.05 Å². The van der Waals surface area contributed by atoms with Gasteiger partial charge in [0, 0.05) is 27.7 Å². The molecule has 0 atom stereocenters. The van der Waals surface area contributed by atoms with Gasteiger partial charge in [0.15, 0.2) is 0 Å². The summed E-state index contributed by atoms with van der Waals surface area (Å²) in [5.74, 6) is 0.804. The van der Waals surface area contributed by atoms with Gasteiger partial charge in [-0.3, -0.25) is 0 Å². The van der Waals surface area contributed by atoms with Crippen molar-refractivity contribution in [1.82, 2.24) is 5.32 Å². The highest BCUT2D eigenvalue weighted by Crippen LogP contribution is 2.32. The summed E-state index contributed by atoms with van der Waals surface area (Å²) in [4.78, 5) is 0. The van der Waals surface area contributed by atoms with Crippen molar-refractivity contribution < 1.29 is 4.74 Å². The minimum atomic E-state index is 0.331. The molecule has 0 bridgehead atoms. The van der Waals surface area contributed by atoms with Crippen molar-refractivity contribution in [3.8, 4) is 5.75 Å². The molecule has 0 amide bonds. The third-order valence-electron chi connectivity index (χ3n) is 2.84. The highest BCUT2D eigenvalue weighted by Gasteiger charge is 2.11. The molecule has 2 aromatic rings. The summed E-state index contributed by atoms with van der Waals surface area (Å²) < 4.78 is 6.82. The number of ether oxygens (including phenoxy) is 1. The van der Waals surface area contributed by atoms with E-state index in [1.807, 2.05) is 31.3 Å². The second kappa shape index (κ2) is 7.32. The molecule has 0 unspecified atom stereocenters. The fraction of sp³-hybridized carbons (Fsp3) is 0.200. The van der Waals surface area contributed by atoms with Crippen LogP contribution in [0.1, 0.15) is 11.1 Å². The fourth-order valence-corrected chi connectivity index (χ4v) is 2.89. The van der Waals surface area contributed by atoms with Gasteiger partial charge in [-0.15, -0.1) is 0 Å². The van der Waals surface area contributed by atoms with Gasteiger partial charge >= 0.3 is 0 Å². The lowest BCUT2D eigenvalue weighted by molar-refractivity contribution is 0.300. The first kappa shape index (κ1) is 15.6. The van der Waals surface area contributed by atoms with Crippen molar-refractivity contribution in [2.24, 2.45) is 0 Å². The van der Waals surface area contributed by atoms with Crippen LogP contribution in [-0.2, 0) is 13.2 Å². The van der Waals surface area contributed by atoms with Gasteiger partial charge in [0.2, 0.25) is 0 Å². The maximum Gasteiger partial charge on any atom is 0.138 e. The SMILES string of the molecule is CNCc1cccc(Br)c1OCc1c(Cl)cccc1Cl. The monoisotopic (exact) mass is 373 g/mol. The van der Waals surface area contributed by atoms with Crippen LogP contribution in [0.25, 0.3) is 0 Å². The molecule has 0 saturated carbocycles. The lowest BCUT2D eigenvalue weighted by atomic mass is 10.2. The van der Waals surface area contributed by atoms with Crippen molar-refractivity contribution in [3.05, 3.63) is 62.0 Å². The molecule has 0 aliphatic rings. The molecule has 0 radical (unpaired) electrons. The molecular weight excluding hydrogens is 361 g/mol. The predicted molar refractivity (Wildman–Crippen MR) is 87.7 cm³/mol. The predicted octanol–water partition coefficient (Wildman–Crippen LogP) is 5.05. The maximum atomic E-state index is 6.15. The van der Waals surface area contributed by atoms with Crippen molar-refractivity contribution in [2.45, 2.75) is 13.2 Å². The molecule has 0 fully saturated rings. The second-order valence-corrected chi connectivity index (χ2v) is 5.92. The summed E-state index contributed by atoms with van der Waals surface area (Å²) in [6, 6.07) is 11.4. The van der Waals surface area contributed by atoms with Gasteiger partial charge in [0.05, 0.1) is 4.47 Å². The van der Waals surface area contributed by atoms with E-state index in [-0.39, 0.29) is 0 Å². The molecule has 106 valence electrons. The van der Waals surface area contributed by atoms with E-state index in [4.69, 9.17) is 27.9 Å². The molecular formula is C15H14BrCl2NO. The van der Waals surface area contributed by atoms with Crippen LogP contribution in [0.5, 0.6) is 5.75 Å². The highest BCUT2D eigenvalue weighted by atomic mass is 79.9. The molecule has 0 heterocycles. The highest BCUT2D eigenvalue weighted by molar-refractivity contribution is 9.10. The maximum absolute atomic E-state index is 6.15. The number of halogens is 3. The summed E-state index contributed by atoms with van der Waals surface area (Å²) in [5, 5.41) is 4.34. The minimum absolute atomic E-state index is 0.331. The third-order valence-corrected chi connectivity index (χ3v) is 4.17. The Morgan fingerprint density at radius 3 is 2.40 bits per heavy atom. The Kier molecular flexibility index (Phi) is 5.73. The van der Waals surface area contributed by atoms with Crippen LogP contribution in [-0.4, -0.2) is 7.05 Å². The smallest absolute Gasteiger partial charge is 0.138 e. The number of nitrogens with one attached hydrogen (secondary N) is 1. The Hall–Kier alpha value is -0.740. The molecule has 2 rings (SSSR count). The van der Waals surface area contributed by atoms with Crippen molar-refractivity contribution in [1.29, 1.82) is 0 Å². The van der Waals surface area contributed by atoms with E-state index in [1.54, 1.807) is 12.1 Å². The minimum Gasteiger partial charge on any atom is -0.487 e. The summed E-state index contributed by atoms with van der Waals surface area (Å²) in [6.07, 6.45) is 0. The van der Waals surface area contributed by atoms with Crippen LogP contribution >= 0.6 is 39.1 Å². The molecule has 1 N–H and O–H groups in total. The van der Waals surface area contributed by atoms with Crippen LogP contribution in [0.2, 0.25) is 10.0 Å². The van der Waals surface area contributed by atoms with Crippen molar-refractivity contribution >= 4 is 39.1 Å². The number of hydrogen-bond acceptors (Lipinski definition) is 2.